The molecule has 0 heterocycles. The molecule has 138 valence electrons. The fourth-order valence-corrected chi connectivity index (χ4v) is 7.20. The highest BCUT2D eigenvalue weighted by molar-refractivity contribution is 5.91. The summed E-state index contributed by atoms with van der Waals surface area (Å²) in [6.07, 6.45) is 5.21. The summed E-state index contributed by atoms with van der Waals surface area (Å²) in [4.78, 5) is 24.1. The first-order valence-corrected chi connectivity index (χ1v) is 9.80. The summed E-state index contributed by atoms with van der Waals surface area (Å²) in [6.45, 7) is 5.87. The van der Waals surface area contributed by atoms with Crippen LogP contribution in [0.15, 0.2) is 11.6 Å². The number of carbonyl (C=O) groups is 2. The Labute approximate surface area is 149 Å². The number of hydrogen-bond acceptors (Lipinski definition) is 4. The van der Waals surface area contributed by atoms with Gasteiger partial charge in [-0.1, -0.05) is 19.4 Å². The molecule has 4 aliphatic carbocycles. The van der Waals surface area contributed by atoms with Crippen molar-refractivity contribution in [1.82, 2.24) is 0 Å². The van der Waals surface area contributed by atoms with Crippen LogP contribution in [0, 0.1) is 34.5 Å². The van der Waals surface area contributed by atoms with Crippen LogP contribution in [0.3, 0.4) is 0 Å². The lowest BCUT2D eigenvalue weighted by Crippen LogP contribution is -2.58. The van der Waals surface area contributed by atoms with E-state index in [1.54, 1.807) is 6.92 Å². The van der Waals surface area contributed by atoms with Gasteiger partial charge < -0.3 is 10.2 Å². The SMILES string of the molecule is CC(=O)[C@H]1C[C@@H](O)[C@H]2[C@@H]3CCC4=CC(=O)CC[C@]4(C)[C@H]3C[C@H](O)[C@@]21C. The van der Waals surface area contributed by atoms with E-state index in [1.165, 1.54) is 5.57 Å². The Morgan fingerprint density at radius 3 is 2.60 bits per heavy atom. The normalized spacial score (nSPS) is 52.0. The maximum absolute atomic E-state index is 12.2. The molecule has 0 aliphatic heterocycles. The van der Waals surface area contributed by atoms with Gasteiger partial charge in [0.2, 0.25) is 0 Å². The van der Waals surface area contributed by atoms with Crippen LogP contribution in [0.5, 0.6) is 0 Å². The standard InChI is InChI=1S/C21H30O4/c1-11(22)15-9-17(24)19-14-5-4-12-8-13(23)6-7-20(12,2)16(14)10-18(25)21(15,19)3/h8,14-19,24-25H,4-7,9-10H2,1-3H3/t14-,15-,16+,17-,18+,19-,20+,21+/m1/s1. The minimum atomic E-state index is -0.571. The fourth-order valence-electron chi connectivity index (χ4n) is 7.20. The molecule has 3 saturated carbocycles. The molecular weight excluding hydrogens is 316 g/mol. The van der Waals surface area contributed by atoms with E-state index in [4.69, 9.17) is 0 Å². The summed E-state index contributed by atoms with van der Waals surface area (Å²) in [7, 11) is 0. The fraction of sp³-hybridized carbons (Fsp3) is 0.810. The molecule has 0 radical (unpaired) electrons. The van der Waals surface area contributed by atoms with Gasteiger partial charge in [-0.25, -0.2) is 0 Å². The molecule has 8 atom stereocenters. The second-order valence-electron chi connectivity index (χ2n) is 9.47. The molecule has 0 aromatic heterocycles. The second kappa shape index (κ2) is 5.50. The van der Waals surface area contributed by atoms with Gasteiger partial charge in [0.25, 0.3) is 0 Å². The predicted molar refractivity (Wildman–Crippen MR) is 93.7 cm³/mol. The molecule has 0 unspecified atom stereocenters. The average molecular weight is 346 g/mol. The quantitative estimate of drug-likeness (QED) is 0.765. The van der Waals surface area contributed by atoms with Crippen LogP contribution in [0.2, 0.25) is 0 Å². The maximum Gasteiger partial charge on any atom is 0.155 e. The van der Waals surface area contributed by atoms with Crippen molar-refractivity contribution >= 4 is 11.6 Å². The third-order valence-electron chi connectivity index (χ3n) is 8.55. The van der Waals surface area contributed by atoms with Gasteiger partial charge in [0.1, 0.15) is 5.78 Å². The van der Waals surface area contributed by atoms with Crippen LogP contribution in [-0.2, 0) is 9.59 Å². The molecule has 0 bridgehead atoms. The van der Waals surface area contributed by atoms with Gasteiger partial charge >= 0.3 is 0 Å². The highest BCUT2D eigenvalue weighted by Gasteiger charge is 2.65. The van der Waals surface area contributed by atoms with Gasteiger partial charge in [-0.2, -0.15) is 0 Å². The van der Waals surface area contributed by atoms with Crippen LogP contribution < -0.4 is 0 Å². The van der Waals surface area contributed by atoms with E-state index in [1.807, 2.05) is 13.0 Å². The Morgan fingerprint density at radius 1 is 1.20 bits per heavy atom. The van der Waals surface area contributed by atoms with Crippen molar-refractivity contribution in [3.8, 4) is 0 Å². The lowest BCUT2D eigenvalue weighted by molar-refractivity contribution is -0.157. The van der Waals surface area contributed by atoms with E-state index in [9.17, 15) is 19.8 Å². The first-order chi connectivity index (χ1) is 11.7. The molecular formula is C21H30O4. The predicted octanol–water partition coefficient (Wildman–Crippen LogP) is 2.67. The van der Waals surface area contributed by atoms with Crippen molar-refractivity contribution in [2.24, 2.45) is 34.5 Å². The first kappa shape index (κ1) is 17.4. The van der Waals surface area contributed by atoms with Gasteiger partial charge in [-0.05, 0) is 68.3 Å². The summed E-state index contributed by atoms with van der Waals surface area (Å²) in [5.74, 6) is 0.654. The minimum Gasteiger partial charge on any atom is -0.393 e. The monoisotopic (exact) mass is 346 g/mol. The van der Waals surface area contributed by atoms with Gasteiger partial charge in [0.15, 0.2) is 5.78 Å². The minimum absolute atomic E-state index is 0.0221. The van der Waals surface area contributed by atoms with Gasteiger partial charge in [-0.15, -0.1) is 0 Å². The Kier molecular flexibility index (Phi) is 3.83. The van der Waals surface area contributed by atoms with Crippen molar-refractivity contribution in [3.63, 3.8) is 0 Å². The lowest BCUT2D eigenvalue weighted by atomic mass is 9.45. The zero-order chi connectivity index (χ0) is 18.1. The molecule has 4 heteroatoms. The van der Waals surface area contributed by atoms with Crippen LogP contribution in [0.25, 0.3) is 0 Å². The molecule has 0 saturated heterocycles. The van der Waals surface area contributed by atoms with Crippen molar-refractivity contribution in [2.45, 2.75) is 71.5 Å². The Balaban J connectivity index is 1.75. The molecule has 0 aromatic carbocycles. The molecule has 0 aromatic rings. The first-order valence-electron chi connectivity index (χ1n) is 9.80. The van der Waals surface area contributed by atoms with E-state index in [2.05, 4.69) is 6.92 Å². The summed E-state index contributed by atoms with van der Waals surface area (Å²) in [5.41, 5.74) is 0.679. The van der Waals surface area contributed by atoms with E-state index < -0.39 is 17.6 Å². The Bertz CT molecular complexity index is 652. The van der Waals surface area contributed by atoms with E-state index in [0.717, 1.165) is 19.3 Å². The molecule has 25 heavy (non-hydrogen) atoms. The number of Topliss-reactive ketones (excluding diaryl/α,β-unsaturated/α-hetero) is 1. The number of allylic oxidation sites excluding steroid dienone is 1. The van der Waals surface area contributed by atoms with Gasteiger partial charge in [0.05, 0.1) is 12.2 Å². The van der Waals surface area contributed by atoms with Gasteiger partial charge in [0, 0.05) is 17.8 Å². The molecule has 2 N–H and O–H groups in total. The summed E-state index contributed by atoms with van der Waals surface area (Å²) < 4.78 is 0. The molecule has 0 spiro atoms. The molecule has 4 nitrogen and oxygen atoms in total. The van der Waals surface area contributed by atoms with Crippen LogP contribution in [0.1, 0.15) is 59.3 Å². The van der Waals surface area contributed by atoms with Crippen LogP contribution in [-0.4, -0.2) is 34.0 Å². The average Bonchev–Trinajstić information content (AvgIpc) is 2.82. The maximum atomic E-state index is 12.2. The zero-order valence-corrected chi connectivity index (χ0v) is 15.5. The largest absolute Gasteiger partial charge is 0.393 e. The highest BCUT2D eigenvalue weighted by atomic mass is 16.3. The number of fused-ring (bicyclic) bond motifs is 5. The summed E-state index contributed by atoms with van der Waals surface area (Å²) in [6, 6.07) is 0. The Morgan fingerprint density at radius 2 is 1.92 bits per heavy atom. The number of hydrogen-bond donors (Lipinski definition) is 2. The topological polar surface area (TPSA) is 74.6 Å². The third-order valence-corrected chi connectivity index (χ3v) is 8.55. The van der Waals surface area contributed by atoms with Gasteiger partial charge in [-0.3, -0.25) is 9.59 Å². The third kappa shape index (κ3) is 2.19. The van der Waals surface area contributed by atoms with E-state index >= 15 is 0 Å². The van der Waals surface area contributed by atoms with Crippen molar-refractivity contribution in [3.05, 3.63) is 11.6 Å². The molecule has 4 aliphatic rings. The van der Waals surface area contributed by atoms with Crippen molar-refractivity contribution in [1.29, 1.82) is 0 Å². The van der Waals surface area contributed by atoms with Crippen molar-refractivity contribution < 1.29 is 19.8 Å². The lowest BCUT2D eigenvalue weighted by Gasteiger charge is -2.59. The van der Waals surface area contributed by atoms with E-state index in [0.29, 0.717) is 25.2 Å². The number of ketones is 2. The smallest absolute Gasteiger partial charge is 0.155 e. The zero-order valence-electron chi connectivity index (χ0n) is 15.5. The number of carbonyl (C=O) groups excluding carboxylic acids is 2. The number of rotatable bonds is 1. The molecule has 0 amide bonds. The molecule has 3 fully saturated rings. The highest BCUT2D eigenvalue weighted by Crippen LogP contribution is 2.66. The summed E-state index contributed by atoms with van der Waals surface area (Å²) in [5, 5.41) is 22.0. The number of aliphatic hydroxyl groups is 2. The second-order valence-corrected chi connectivity index (χ2v) is 9.47. The van der Waals surface area contributed by atoms with Crippen LogP contribution in [0.4, 0.5) is 0 Å². The number of aliphatic hydroxyl groups excluding tert-OH is 2. The Hall–Kier alpha value is -1.00. The van der Waals surface area contributed by atoms with E-state index in [-0.39, 0.29) is 34.7 Å². The summed E-state index contributed by atoms with van der Waals surface area (Å²) >= 11 is 0. The van der Waals surface area contributed by atoms with Crippen molar-refractivity contribution in [2.75, 3.05) is 0 Å². The van der Waals surface area contributed by atoms with Crippen LogP contribution >= 0.6 is 0 Å². The molecule has 4 rings (SSSR count).